The topological polar surface area (TPSA) is 63.4 Å². The fourth-order valence-electron chi connectivity index (χ4n) is 4.22. The third kappa shape index (κ3) is 4.15. The number of ketones is 1. The molecule has 6 heteroatoms. The van der Waals surface area contributed by atoms with E-state index in [4.69, 9.17) is 4.52 Å². The van der Waals surface area contributed by atoms with Crippen LogP contribution in [0.3, 0.4) is 0 Å². The van der Waals surface area contributed by atoms with Gasteiger partial charge in [0.2, 0.25) is 0 Å². The minimum Gasteiger partial charge on any atom is -0.361 e. The first kappa shape index (κ1) is 21.0. The summed E-state index contributed by atoms with van der Waals surface area (Å²) in [6.07, 6.45) is 1.99. The number of hydrogen-bond donors (Lipinski definition) is 0. The van der Waals surface area contributed by atoms with Gasteiger partial charge in [-0.25, -0.2) is 4.39 Å². The van der Waals surface area contributed by atoms with Crippen LogP contribution in [0.1, 0.15) is 51.9 Å². The molecule has 3 aromatic rings. The molecule has 1 fully saturated rings. The number of hydrogen-bond acceptors (Lipinski definition) is 4. The number of piperidine rings is 1. The quantitative estimate of drug-likeness (QED) is 0.540. The molecule has 31 heavy (non-hydrogen) atoms. The van der Waals surface area contributed by atoms with Gasteiger partial charge in [0.1, 0.15) is 17.1 Å². The summed E-state index contributed by atoms with van der Waals surface area (Å²) in [5.41, 5.74) is 2.70. The van der Waals surface area contributed by atoms with Crippen LogP contribution in [-0.2, 0) is 6.42 Å². The molecule has 1 amide bonds. The normalized spacial score (nSPS) is 16.4. The molecule has 0 saturated carbocycles. The summed E-state index contributed by atoms with van der Waals surface area (Å²) in [5.74, 6) is -0.570. The number of likely N-dealkylation sites (tertiary alicyclic amines) is 1. The number of benzene rings is 2. The lowest BCUT2D eigenvalue weighted by atomic mass is 9.89. The maximum atomic E-state index is 14.7. The second-order valence-electron chi connectivity index (χ2n) is 7.93. The highest BCUT2D eigenvalue weighted by molar-refractivity contribution is 6.00. The molecule has 1 aliphatic rings. The molecule has 2 heterocycles. The Kier molecular flexibility index (Phi) is 5.98. The van der Waals surface area contributed by atoms with E-state index in [0.29, 0.717) is 54.1 Å². The van der Waals surface area contributed by atoms with Gasteiger partial charge in [-0.3, -0.25) is 9.59 Å². The molecule has 1 atom stereocenters. The van der Waals surface area contributed by atoms with Crippen molar-refractivity contribution in [1.82, 2.24) is 10.1 Å². The Labute approximate surface area is 180 Å². The van der Waals surface area contributed by atoms with Crippen LogP contribution in [0.25, 0.3) is 11.1 Å². The van der Waals surface area contributed by atoms with Crippen molar-refractivity contribution in [3.63, 3.8) is 0 Å². The van der Waals surface area contributed by atoms with E-state index in [9.17, 15) is 14.0 Å². The van der Waals surface area contributed by atoms with Crippen LogP contribution in [0, 0.1) is 18.7 Å². The molecule has 1 aromatic heterocycles. The van der Waals surface area contributed by atoms with E-state index in [0.717, 1.165) is 12.0 Å². The summed E-state index contributed by atoms with van der Waals surface area (Å²) in [7, 11) is 0. The van der Waals surface area contributed by atoms with Crippen molar-refractivity contribution in [1.29, 1.82) is 0 Å². The lowest BCUT2D eigenvalue weighted by molar-refractivity contribution is 0.0634. The number of aromatic nitrogens is 1. The maximum Gasteiger partial charge on any atom is 0.259 e. The molecule has 1 saturated heterocycles. The predicted molar refractivity (Wildman–Crippen MR) is 115 cm³/mol. The van der Waals surface area contributed by atoms with Gasteiger partial charge in [0.05, 0.1) is 5.69 Å². The lowest BCUT2D eigenvalue weighted by Gasteiger charge is -2.32. The molecule has 4 rings (SSSR count). The number of carbonyl (C=O) groups is 2. The number of amides is 1. The third-order valence-electron chi connectivity index (χ3n) is 5.90. The zero-order valence-electron chi connectivity index (χ0n) is 17.7. The van der Waals surface area contributed by atoms with Crippen LogP contribution < -0.4 is 0 Å². The summed E-state index contributed by atoms with van der Waals surface area (Å²) in [5, 5.41) is 3.96. The van der Waals surface area contributed by atoms with Crippen molar-refractivity contribution >= 4 is 11.7 Å². The molecule has 160 valence electrons. The van der Waals surface area contributed by atoms with Crippen molar-refractivity contribution < 1.29 is 18.5 Å². The second-order valence-corrected chi connectivity index (χ2v) is 7.93. The first-order chi connectivity index (χ1) is 15.0. The molecule has 0 bridgehead atoms. The number of nitrogens with zero attached hydrogens (tertiary/aromatic N) is 2. The zero-order valence-corrected chi connectivity index (χ0v) is 17.7. The maximum absolute atomic E-state index is 14.7. The molecule has 0 N–H and O–H groups in total. The van der Waals surface area contributed by atoms with E-state index < -0.39 is 5.82 Å². The number of halogens is 1. The second kappa shape index (κ2) is 8.84. The molecule has 0 aliphatic carbocycles. The summed E-state index contributed by atoms with van der Waals surface area (Å²) in [6, 6.07) is 13.9. The Hall–Kier alpha value is -3.28. The molecule has 1 unspecified atom stereocenters. The largest absolute Gasteiger partial charge is 0.361 e. The van der Waals surface area contributed by atoms with Gasteiger partial charge in [-0.05, 0) is 37.8 Å². The SMILES string of the molecule is CCc1noc(C)c1C(=O)N1CCCC(C(=O)c2ccc(-c3ccccc3)c(F)c2)C1. The zero-order chi connectivity index (χ0) is 22.0. The van der Waals surface area contributed by atoms with Gasteiger partial charge in [0.25, 0.3) is 5.91 Å². The van der Waals surface area contributed by atoms with Gasteiger partial charge in [0, 0.05) is 30.1 Å². The standard InChI is InChI=1S/C25H25FN2O3/c1-3-22-23(16(2)31-27-22)25(30)28-13-7-10-19(15-28)24(29)18-11-12-20(21(26)14-18)17-8-5-4-6-9-17/h4-6,8-9,11-12,14,19H,3,7,10,13,15H2,1-2H3. The van der Waals surface area contributed by atoms with Gasteiger partial charge in [-0.2, -0.15) is 0 Å². The Bertz CT molecular complexity index is 1110. The summed E-state index contributed by atoms with van der Waals surface area (Å²) in [6.45, 7) is 4.54. The molecule has 5 nitrogen and oxygen atoms in total. The average molecular weight is 420 g/mol. The average Bonchev–Trinajstić information content (AvgIpc) is 3.19. The third-order valence-corrected chi connectivity index (χ3v) is 5.90. The summed E-state index contributed by atoms with van der Waals surface area (Å²) in [4.78, 5) is 27.9. The molecular weight excluding hydrogens is 395 g/mol. The van der Waals surface area contributed by atoms with E-state index in [1.165, 1.54) is 6.07 Å². The van der Waals surface area contributed by atoms with Gasteiger partial charge >= 0.3 is 0 Å². The van der Waals surface area contributed by atoms with Crippen molar-refractivity contribution in [3.8, 4) is 11.1 Å². The Morgan fingerprint density at radius 2 is 1.97 bits per heavy atom. The van der Waals surface area contributed by atoms with Crippen molar-refractivity contribution in [2.75, 3.05) is 13.1 Å². The highest BCUT2D eigenvalue weighted by Gasteiger charge is 2.32. The van der Waals surface area contributed by atoms with Crippen molar-refractivity contribution in [2.45, 2.75) is 33.1 Å². The molecular formula is C25H25FN2O3. The summed E-state index contributed by atoms with van der Waals surface area (Å²) >= 11 is 0. The molecule has 0 radical (unpaired) electrons. The van der Waals surface area contributed by atoms with Crippen molar-refractivity contribution in [3.05, 3.63) is 76.9 Å². The number of Topliss-reactive ketones (excluding diaryl/α,β-unsaturated/α-hetero) is 1. The predicted octanol–water partition coefficient (Wildman–Crippen LogP) is 5.09. The van der Waals surface area contributed by atoms with Crippen LogP contribution in [0.4, 0.5) is 4.39 Å². The van der Waals surface area contributed by atoms with E-state index >= 15 is 0 Å². The molecule has 1 aliphatic heterocycles. The van der Waals surface area contributed by atoms with Crippen molar-refractivity contribution in [2.24, 2.45) is 5.92 Å². The van der Waals surface area contributed by atoms with E-state index in [-0.39, 0.29) is 17.6 Å². The van der Waals surface area contributed by atoms with E-state index in [2.05, 4.69) is 5.16 Å². The first-order valence-corrected chi connectivity index (χ1v) is 10.6. The number of carbonyl (C=O) groups excluding carboxylic acids is 2. The number of aryl methyl sites for hydroxylation is 2. The van der Waals surface area contributed by atoms with Crippen LogP contribution in [0.5, 0.6) is 0 Å². The van der Waals surface area contributed by atoms with Gasteiger partial charge in [-0.15, -0.1) is 0 Å². The minimum absolute atomic E-state index is 0.131. The smallest absolute Gasteiger partial charge is 0.259 e. The van der Waals surface area contributed by atoms with Crippen LogP contribution in [0.15, 0.2) is 53.1 Å². The highest BCUT2D eigenvalue weighted by Crippen LogP contribution is 2.27. The monoisotopic (exact) mass is 420 g/mol. The minimum atomic E-state index is -0.423. The van der Waals surface area contributed by atoms with Crippen LogP contribution in [0.2, 0.25) is 0 Å². The van der Waals surface area contributed by atoms with E-state index in [1.807, 2.05) is 37.3 Å². The Morgan fingerprint density at radius 1 is 1.19 bits per heavy atom. The van der Waals surface area contributed by atoms with Gasteiger partial charge in [-0.1, -0.05) is 54.5 Å². The fourth-order valence-corrected chi connectivity index (χ4v) is 4.22. The summed E-state index contributed by atoms with van der Waals surface area (Å²) < 4.78 is 19.9. The first-order valence-electron chi connectivity index (χ1n) is 10.6. The van der Waals surface area contributed by atoms with Crippen LogP contribution in [-0.4, -0.2) is 34.8 Å². The molecule has 2 aromatic carbocycles. The Morgan fingerprint density at radius 3 is 2.68 bits per heavy atom. The number of rotatable bonds is 5. The van der Waals surface area contributed by atoms with Gasteiger partial charge in [0.15, 0.2) is 5.78 Å². The fraction of sp³-hybridized carbons (Fsp3) is 0.320. The molecule has 0 spiro atoms. The highest BCUT2D eigenvalue weighted by atomic mass is 19.1. The van der Waals surface area contributed by atoms with E-state index in [1.54, 1.807) is 24.0 Å². The van der Waals surface area contributed by atoms with Gasteiger partial charge < -0.3 is 9.42 Å². The van der Waals surface area contributed by atoms with Crippen LogP contribution >= 0.6 is 0 Å². The lowest BCUT2D eigenvalue weighted by Crippen LogP contribution is -2.42. The Balaban J connectivity index is 1.52.